The van der Waals surface area contributed by atoms with Crippen LogP contribution < -0.4 is 11.1 Å². The maximum absolute atomic E-state index is 6.38. The first-order chi connectivity index (χ1) is 13.3. The molecular weight excluding hydrogens is 328 g/mol. The average Bonchev–Trinajstić information content (AvgIpc) is 2.71. The number of benzene rings is 4. The molecule has 0 spiro atoms. The highest BCUT2D eigenvalue weighted by atomic mass is 14.9. The molecule has 2 nitrogen and oxygen atoms in total. The predicted molar refractivity (Wildman–Crippen MR) is 116 cm³/mol. The zero-order chi connectivity index (χ0) is 18.5. The van der Waals surface area contributed by atoms with Gasteiger partial charge in [-0.2, -0.15) is 0 Å². The summed E-state index contributed by atoms with van der Waals surface area (Å²) in [5.74, 6) is 0. The predicted octanol–water partition coefficient (Wildman–Crippen LogP) is 5.04. The number of nitrogens with two attached hydrogens (primary N) is 1. The van der Waals surface area contributed by atoms with Crippen LogP contribution in [0.1, 0.15) is 17.5 Å². The lowest BCUT2D eigenvalue weighted by atomic mass is 10.0. The molecule has 0 aliphatic heterocycles. The van der Waals surface area contributed by atoms with Crippen molar-refractivity contribution in [1.82, 2.24) is 5.32 Å². The summed E-state index contributed by atoms with van der Waals surface area (Å²) in [6.07, 6.45) is 1.89. The second-order valence-corrected chi connectivity index (χ2v) is 7.25. The van der Waals surface area contributed by atoms with E-state index in [1.54, 1.807) is 0 Å². The van der Waals surface area contributed by atoms with Crippen LogP contribution in [0.3, 0.4) is 0 Å². The van der Waals surface area contributed by atoms with Crippen LogP contribution in [0.4, 0.5) is 0 Å². The van der Waals surface area contributed by atoms with E-state index in [1.165, 1.54) is 32.7 Å². The molecule has 3 N–H and O–H groups in total. The molecule has 0 fully saturated rings. The molecule has 0 radical (unpaired) electrons. The monoisotopic (exact) mass is 354 g/mol. The summed E-state index contributed by atoms with van der Waals surface area (Å²) in [7, 11) is 0. The number of nitrogens with one attached hydrogen (secondary N) is 1. The smallest absolute Gasteiger partial charge is 0.0211 e. The molecule has 0 saturated heterocycles. The molecule has 0 amide bonds. The third-order valence-electron chi connectivity index (χ3n) is 5.20. The van der Waals surface area contributed by atoms with Crippen LogP contribution in [0.2, 0.25) is 0 Å². The van der Waals surface area contributed by atoms with Crippen LogP contribution in [-0.2, 0) is 13.0 Å². The van der Waals surface area contributed by atoms with E-state index in [0.29, 0.717) is 0 Å². The zero-order valence-corrected chi connectivity index (χ0v) is 15.6. The molecule has 0 heterocycles. The minimum Gasteiger partial charge on any atom is -0.327 e. The fourth-order valence-electron chi connectivity index (χ4n) is 3.73. The van der Waals surface area contributed by atoms with Gasteiger partial charge in [0.2, 0.25) is 0 Å². The fraction of sp³-hybridized carbons (Fsp3) is 0.200. The summed E-state index contributed by atoms with van der Waals surface area (Å²) < 4.78 is 0. The minimum atomic E-state index is 0.172. The molecule has 2 heteroatoms. The highest BCUT2D eigenvalue weighted by Crippen LogP contribution is 2.19. The number of hydrogen-bond donors (Lipinski definition) is 2. The van der Waals surface area contributed by atoms with Gasteiger partial charge in [0.1, 0.15) is 0 Å². The molecule has 0 aliphatic rings. The Bertz CT molecular complexity index is 1030. The van der Waals surface area contributed by atoms with Gasteiger partial charge >= 0.3 is 0 Å². The summed E-state index contributed by atoms with van der Waals surface area (Å²) in [6, 6.07) is 30.3. The van der Waals surface area contributed by atoms with E-state index in [9.17, 15) is 0 Å². The van der Waals surface area contributed by atoms with E-state index >= 15 is 0 Å². The molecule has 0 aromatic heterocycles. The van der Waals surface area contributed by atoms with Crippen LogP contribution in [0.15, 0.2) is 84.9 Å². The normalized spacial score (nSPS) is 12.5. The standard InChI is InChI=1S/C25H26N2/c26-24(17-19-12-13-20-6-1-2-8-22(20)16-19)14-15-27-18-23-10-5-9-21-7-3-4-11-25(21)23/h1-13,16,24,27H,14-15,17-18,26H2. The lowest BCUT2D eigenvalue weighted by Gasteiger charge is -2.13. The SMILES string of the molecule is NC(CCNCc1cccc2ccccc12)Cc1ccc2ccccc2c1. The van der Waals surface area contributed by atoms with Crippen molar-refractivity contribution in [3.05, 3.63) is 96.1 Å². The van der Waals surface area contributed by atoms with Crippen molar-refractivity contribution in [2.24, 2.45) is 5.73 Å². The molecule has 27 heavy (non-hydrogen) atoms. The summed E-state index contributed by atoms with van der Waals surface area (Å²) in [6.45, 7) is 1.81. The number of fused-ring (bicyclic) bond motifs is 2. The first-order valence-corrected chi connectivity index (χ1v) is 9.70. The van der Waals surface area contributed by atoms with Gasteiger partial charge in [-0.05, 0) is 52.1 Å². The number of rotatable bonds is 7. The van der Waals surface area contributed by atoms with Crippen LogP contribution in [0, 0.1) is 0 Å². The van der Waals surface area contributed by atoms with Crippen molar-refractivity contribution in [3.63, 3.8) is 0 Å². The van der Waals surface area contributed by atoms with E-state index in [2.05, 4.69) is 90.2 Å². The quantitative estimate of drug-likeness (QED) is 0.456. The molecule has 0 saturated carbocycles. The third-order valence-corrected chi connectivity index (χ3v) is 5.20. The molecule has 1 unspecified atom stereocenters. The average molecular weight is 354 g/mol. The van der Waals surface area contributed by atoms with Crippen LogP contribution in [0.25, 0.3) is 21.5 Å². The van der Waals surface area contributed by atoms with Gasteiger partial charge < -0.3 is 11.1 Å². The van der Waals surface area contributed by atoms with Gasteiger partial charge in [0, 0.05) is 12.6 Å². The molecule has 4 aromatic carbocycles. The Hall–Kier alpha value is -2.68. The largest absolute Gasteiger partial charge is 0.327 e. The van der Waals surface area contributed by atoms with Gasteiger partial charge in [-0.3, -0.25) is 0 Å². The summed E-state index contributed by atoms with van der Waals surface area (Å²) in [5.41, 5.74) is 9.04. The molecular formula is C25H26N2. The third kappa shape index (κ3) is 4.36. The Balaban J connectivity index is 1.29. The van der Waals surface area contributed by atoms with E-state index in [1.807, 2.05) is 0 Å². The maximum atomic E-state index is 6.38. The summed E-state index contributed by atoms with van der Waals surface area (Å²) in [4.78, 5) is 0. The molecule has 0 bridgehead atoms. The van der Waals surface area contributed by atoms with E-state index in [-0.39, 0.29) is 6.04 Å². The second-order valence-electron chi connectivity index (χ2n) is 7.25. The molecule has 136 valence electrons. The van der Waals surface area contributed by atoms with Crippen molar-refractivity contribution in [3.8, 4) is 0 Å². The van der Waals surface area contributed by atoms with E-state index in [0.717, 1.165) is 25.9 Å². The zero-order valence-electron chi connectivity index (χ0n) is 15.6. The van der Waals surface area contributed by atoms with Crippen LogP contribution in [0.5, 0.6) is 0 Å². The highest BCUT2D eigenvalue weighted by molar-refractivity contribution is 5.85. The van der Waals surface area contributed by atoms with Gasteiger partial charge in [-0.1, -0.05) is 84.9 Å². The lowest BCUT2D eigenvalue weighted by molar-refractivity contribution is 0.559. The summed E-state index contributed by atoms with van der Waals surface area (Å²) in [5, 5.41) is 8.76. The molecule has 0 aliphatic carbocycles. The van der Waals surface area contributed by atoms with Crippen molar-refractivity contribution < 1.29 is 0 Å². The molecule has 4 rings (SSSR count). The van der Waals surface area contributed by atoms with Gasteiger partial charge in [-0.25, -0.2) is 0 Å². The molecule has 4 aromatic rings. The van der Waals surface area contributed by atoms with Crippen LogP contribution >= 0.6 is 0 Å². The maximum Gasteiger partial charge on any atom is 0.0211 e. The van der Waals surface area contributed by atoms with E-state index in [4.69, 9.17) is 5.73 Å². The highest BCUT2D eigenvalue weighted by Gasteiger charge is 2.06. The van der Waals surface area contributed by atoms with Crippen molar-refractivity contribution in [2.45, 2.75) is 25.4 Å². The Morgan fingerprint density at radius 1 is 0.741 bits per heavy atom. The Labute approximate surface area is 161 Å². The van der Waals surface area contributed by atoms with Crippen molar-refractivity contribution in [1.29, 1.82) is 0 Å². The Kier molecular flexibility index (Phi) is 5.47. The van der Waals surface area contributed by atoms with Crippen molar-refractivity contribution in [2.75, 3.05) is 6.54 Å². The van der Waals surface area contributed by atoms with E-state index < -0.39 is 0 Å². The van der Waals surface area contributed by atoms with Gasteiger partial charge in [0.15, 0.2) is 0 Å². The van der Waals surface area contributed by atoms with Crippen LogP contribution in [-0.4, -0.2) is 12.6 Å². The Morgan fingerprint density at radius 3 is 2.37 bits per heavy atom. The van der Waals surface area contributed by atoms with Gasteiger partial charge in [0.25, 0.3) is 0 Å². The molecule has 1 atom stereocenters. The topological polar surface area (TPSA) is 38.0 Å². The lowest BCUT2D eigenvalue weighted by Crippen LogP contribution is -2.28. The Morgan fingerprint density at radius 2 is 1.48 bits per heavy atom. The van der Waals surface area contributed by atoms with Gasteiger partial charge in [-0.15, -0.1) is 0 Å². The van der Waals surface area contributed by atoms with Crippen molar-refractivity contribution >= 4 is 21.5 Å². The summed E-state index contributed by atoms with van der Waals surface area (Å²) >= 11 is 0. The fourth-order valence-corrected chi connectivity index (χ4v) is 3.73. The minimum absolute atomic E-state index is 0.172. The first kappa shape index (κ1) is 17.7. The van der Waals surface area contributed by atoms with Gasteiger partial charge in [0.05, 0.1) is 0 Å². The first-order valence-electron chi connectivity index (χ1n) is 9.70. The second kappa shape index (κ2) is 8.34. The number of hydrogen-bond acceptors (Lipinski definition) is 2.